The summed E-state index contributed by atoms with van der Waals surface area (Å²) in [6.45, 7) is 2.43. The summed E-state index contributed by atoms with van der Waals surface area (Å²) in [4.78, 5) is 1.55. The summed E-state index contributed by atoms with van der Waals surface area (Å²) in [5.41, 5.74) is 1.10. The molecule has 0 aliphatic rings. The summed E-state index contributed by atoms with van der Waals surface area (Å²) < 4.78 is 0. The molecule has 14 heavy (non-hydrogen) atoms. The average Bonchev–Trinajstić information content (AvgIpc) is 2.56. The molecule has 1 aromatic heterocycles. The second-order valence-corrected chi connectivity index (χ2v) is 3.43. The number of tetrazole rings is 1. The molecule has 0 radical (unpaired) electrons. The highest BCUT2D eigenvalue weighted by Gasteiger charge is 1.98. The van der Waals surface area contributed by atoms with Crippen LogP contribution in [0.3, 0.4) is 0 Å². The van der Waals surface area contributed by atoms with E-state index < -0.39 is 0 Å². The second kappa shape index (κ2) is 3.75. The topological polar surface area (TPSA) is 43.6 Å². The van der Waals surface area contributed by atoms with Crippen LogP contribution in [-0.4, -0.2) is 20.2 Å². The lowest BCUT2D eigenvalue weighted by Gasteiger charge is -1.98. The molecule has 0 fully saturated rings. The first-order valence-electron chi connectivity index (χ1n) is 4.23. The fourth-order valence-corrected chi connectivity index (χ4v) is 1.27. The van der Waals surface area contributed by atoms with Gasteiger partial charge in [-0.05, 0) is 29.8 Å². The van der Waals surface area contributed by atoms with Crippen molar-refractivity contribution in [3.05, 3.63) is 40.7 Å². The maximum absolute atomic E-state index is 5.77. The Bertz CT molecular complexity index is 421. The van der Waals surface area contributed by atoms with Gasteiger partial charge in [0.15, 0.2) is 5.82 Å². The molecule has 2 rings (SSSR count). The van der Waals surface area contributed by atoms with Crippen LogP contribution < -0.4 is 0 Å². The number of hydrogen-bond acceptors (Lipinski definition) is 3. The summed E-state index contributed by atoms with van der Waals surface area (Å²) >= 11 is 5.77. The fraction of sp³-hybridized carbons (Fsp3) is 0.222. The van der Waals surface area contributed by atoms with E-state index in [1.54, 1.807) is 4.80 Å². The van der Waals surface area contributed by atoms with Gasteiger partial charge in [0.25, 0.3) is 0 Å². The standard InChI is InChI=1S/C9H9ClN4/c1-7-11-13-14(12-7)6-8-2-4-9(10)5-3-8/h2-5H,6H2,1H3. The third-order valence-electron chi connectivity index (χ3n) is 1.79. The molecule has 0 atom stereocenters. The molecular weight excluding hydrogens is 200 g/mol. The molecule has 0 saturated carbocycles. The molecule has 0 saturated heterocycles. The highest BCUT2D eigenvalue weighted by molar-refractivity contribution is 6.30. The highest BCUT2D eigenvalue weighted by Crippen LogP contribution is 2.09. The summed E-state index contributed by atoms with van der Waals surface area (Å²) in [5, 5.41) is 12.5. The second-order valence-electron chi connectivity index (χ2n) is 2.99. The van der Waals surface area contributed by atoms with Crippen molar-refractivity contribution in [3.63, 3.8) is 0 Å². The molecule has 0 unspecified atom stereocenters. The van der Waals surface area contributed by atoms with E-state index >= 15 is 0 Å². The predicted molar refractivity (Wildman–Crippen MR) is 53.1 cm³/mol. The van der Waals surface area contributed by atoms with E-state index in [0.29, 0.717) is 12.4 Å². The Hall–Kier alpha value is -1.42. The Morgan fingerprint density at radius 1 is 1.29 bits per heavy atom. The van der Waals surface area contributed by atoms with Crippen molar-refractivity contribution in [2.75, 3.05) is 0 Å². The van der Waals surface area contributed by atoms with Gasteiger partial charge < -0.3 is 0 Å². The summed E-state index contributed by atoms with van der Waals surface area (Å²) in [5.74, 6) is 0.680. The van der Waals surface area contributed by atoms with Crippen molar-refractivity contribution in [3.8, 4) is 0 Å². The van der Waals surface area contributed by atoms with Gasteiger partial charge in [0.1, 0.15) is 0 Å². The van der Waals surface area contributed by atoms with Crippen LogP contribution in [0.5, 0.6) is 0 Å². The summed E-state index contributed by atoms with van der Waals surface area (Å²) in [7, 11) is 0. The first kappa shape index (κ1) is 9.15. The molecule has 1 aromatic carbocycles. The number of halogens is 1. The molecule has 1 heterocycles. The minimum atomic E-state index is 0.623. The van der Waals surface area contributed by atoms with E-state index in [1.165, 1.54) is 0 Å². The molecule has 5 heteroatoms. The van der Waals surface area contributed by atoms with Gasteiger partial charge in [0.05, 0.1) is 6.54 Å². The van der Waals surface area contributed by atoms with E-state index in [-0.39, 0.29) is 0 Å². The van der Waals surface area contributed by atoms with E-state index in [4.69, 9.17) is 11.6 Å². The third kappa shape index (κ3) is 2.09. The van der Waals surface area contributed by atoms with Crippen molar-refractivity contribution in [2.24, 2.45) is 0 Å². The van der Waals surface area contributed by atoms with Crippen LogP contribution >= 0.6 is 11.6 Å². The largest absolute Gasteiger partial charge is 0.171 e. The fourth-order valence-electron chi connectivity index (χ4n) is 1.14. The van der Waals surface area contributed by atoms with Gasteiger partial charge in [-0.2, -0.15) is 4.80 Å². The average molecular weight is 209 g/mol. The molecule has 0 bridgehead atoms. The van der Waals surface area contributed by atoms with Crippen LogP contribution in [0, 0.1) is 6.92 Å². The maximum atomic E-state index is 5.77. The highest BCUT2D eigenvalue weighted by atomic mass is 35.5. The van der Waals surface area contributed by atoms with Gasteiger partial charge in [0.2, 0.25) is 0 Å². The van der Waals surface area contributed by atoms with Gasteiger partial charge >= 0.3 is 0 Å². The van der Waals surface area contributed by atoms with E-state index in [2.05, 4.69) is 15.4 Å². The lowest BCUT2D eigenvalue weighted by atomic mass is 10.2. The molecule has 72 valence electrons. The Labute approximate surface area is 86.5 Å². The van der Waals surface area contributed by atoms with Crippen LogP contribution in [0.2, 0.25) is 5.02 Å². The number of benzene rings is 1. The van der Waals surface area contributed by atoms with Crippen molar-refractivity contribution in [1.29, 1.82) is 0 Å². The Balaban J connectivity index is 2.15. The van der Waals surface area contributed by atoms with E-state index in [0.717, 1.165) is 10.6 Å². The molecule has 0 N–H and O–H groups in total. The van der Waals surface area contributed by atoms with Crippen molar-refractivity contribution in [2.45, 2.75) is 13.5 Å². The molecule has 4 nitrogen and oxygen atoms in total. The van der Waals surface area contributed by atoms with Crippen LogP contribution in [0.1, 0.15) is 11.4 Å². The van der Waals surface area contributed by atoms with Gasteiger partial charge in [-0.25, -0.2) is 0 Å². The summed E-state index contributed by atoms with van der Waals surface area (Å²) in [6.07, 6.45) is 0. The normalized spacial score (nSPS) is 10.4. The Morgan fingerprint density at radius 3 is 2.57 bits per heavy atom. The molecule has 0 spiro atoms. The maximum Gasteiger partial charge on any atom is 0.171 e. The van der Waals surface area contributed by atoms with Gasteiger partial charge in [0, 0.05) is 5.02 Å². The lowest BCUT2D eigenvalue weighted by molar-refractivity contribution is 0.571. The number of hydrogen-bond donors (Lipinski definition) is 0. The number of rotatable bonds is 2. The number of aryl methyl sites for hydroxylation is 1. The van der Waals surface area contributed by atoms with Crippen molar-refractivity contribution in [1.82, 2.24) is 20.2 Å². The first-order valence-corrected chi connectivity index (χ1v) is 4.61. The van der Waals surface area contributed by atoms with Gasteiger partial charge in [-0.15, -0.1) is 10.2 Å². The zero-order chi connectivity index (χ0) is 9.97. The molecule has 2 aromatic rings. The Morgan fingerprint density at radius 2 is 2.00 bits per heavy atom. The SMILES string of the molecule is Cc1nnn(Cc2ccc(Cl)cc2)n1. The third-order valence-corrected chi connectivity index (χ3v) is 2.04. The lowest BCUT2D eigenvalue weighted by Crippen LogP contribution is -2.03. The minimum Gasteiger partial charge on any atom is -0.160 e. The minimum absolute atomic E-state index is 0.623. The number of nitrogens with zero attached hydrogens (tertiary/aromatic N) is 4. The van der Waals surface area contributed by atoms with Crippen LogP contribution in [0.4, 0.5) is 0 Å². The monoisotopic (exact) mass is 208 g/mol. The van der Waals surface area contributed by atoms with Crippen LogP contribution in [0.25, 0.3) is 0 Å². The zero-order valence-corrected chi connectivity index (χ0v) is 8.44. The quantitative estimate of drug-likeness (QED) is 0.754. The summed E-state index contributed by atoms with van der Waals surface area (Å²) in [6, 6.07) is 7.59. The first-order chi connectivity index (χ1) is 6.74. The van der Waals surface area contributed by atoms with Gasteiger partial charge in [-0.1, -0.05) is 23.7 Å². The smallest absolute Gasteiger partial charge is 0.160 e. The van der Waals surface area contributed by atoms with Crippen molar-refractivity contribution >= 4 is 11.6 Å². The van der Waals surface area contributed by atoms with E-state index in [1.807, 2.05) is 31.2 Å². The zero-order valence-electron chi connectivity index (χ0n) is 7.68. The predicted octanol–water partition coefficient (Wildman–Crippen LogP) is 1.68. The molecular formula is C9H9ClN4. The van der Waals surface area contributed by atoms with E-state index in [9.17, 15) is 0 Å². The molecule has 0 aliphatic heterocycles. The van der Waals surface area contributed by atoms with Crippen molar-refractivity contribution < 1.29 is 0 Å². The Kier molecular flexibility index (Phi) is 2.45. The van der Waals surface area contributed by atoms with Gasteiger partial charge in [-0.3, -0.25) is 0 Å². The van der Waals surface area contributed by atoms with Crippen LogP contribution in [-0.2, 0) is 6.54 Å². The molecule has 0 aliphatic carbocycles. The van der Waals surface area contributed by atoms with Crippen LogP contribution in [0.15, 0.2) is 24.3 Å². The molecule has 0 amide bonds. The number of aromatic nitrogens is 4.